The molecule has 0 aromatic carbocycles. The van der Waals surface area contributed by atoms with E-state index in [0.29, 0.717) is 19.0 Å². The van der Waals surface area contributed by atoms with Crippen LogP contribution >= 0.6 is 0 Å². The van der Waals surface area contributed by atoms with Gasteiger partial charge in [0.2, 0.25) is 0 Å². The number of hydrogen-bond acceptors (Lipinski definition) is 4. The summed E-state index contributed by atoms with van der Waals surface area (Å²) in [7, 11) is 0. The summed E-state index contributed by atoms with van der Waals surface area (Å²) < 4.78 is 0. The summed E-state index contributed by atoms with van der Waals surface area (Å²) >= 11 is 0. The highest BCUT2D eigenvalue weighted by Crippen LogP contribution is 2.60. The average molecular weight is 266 g/mol. The van der Waals surface area contributed by atoms with Crippen LogP contribution in [0.25, 0.3) is 0 Å². The molecule has 2 rings (SSSR count). The van der Waals surface area contributed by atoms with Gasteiger partial charge in [-0.1, -0.05) is 27.2 Å². The van der Waals surface area contributed by atoms with E-state index in [0.717, 1.165) is 12.8 Å². The Balaban J connectivity index is 2.66. The zero-order valence-electron chi connectivity index (χ0n) is 11.7. The number of aliphatic hydroxyl groups excluding tert-OH is 1. The molecular formula is C15H22O4. The first-order chi connectivity index (χ1) is 8.73. The summed E-state index contributed by atoms with van der Waals surface area (Å²) in [6.45, 7) is 5.90. The van der Waals surface area contributed by atoms with E-state index in [9.17, 15) is 19.8 Å². The molecule has 0 amide bonds. The van der Waals surface area contributed by atoms with E-state index < -0.39 is 17.1 Å². The monoisotopic (exact) mass is 266 g/mol. The molecular weight excluding hydrogens is 244 g/mol. The fraction of sp³-hybridized carbons (Fsp3) is 0.733. The first kappa shape index (κ1) is 14.4. The molecule has 0 bridgehead atoms. The van der Waals surface area contributed by atoms with Gasteiger partial charge in [0, 0.05) is 16.9 Å². The third-order valence-electron chi connectivity index (χ3n) is 5.35. The van der Waals surface area contributed by atoms with Crippen LogP contribution in [0.4, 0.5) is 0 Å². The van der Waals surface area contributed by atoms with Gasteiger partial charge in [-0.25, -0.2) is 0 Å². The van der Waals surface area contributed by atoms with Gasteiger partial charge in [-0.15, -0.1) is 0 Å². The van der Waals surface area contributed by atoms with Crippen LogP contribution < -0.4 is 0 Å². The predicted octanol–water partition coefficient (Wildman–Crippen LogP) is 1.25. The van der Waals surface area contributed by atoms with Crippen LogP contribution in [-0.4, -0.2) is 34.5 Å². The minimum Gasteiger partial charge on any atom is -0.389 e. The molecule has 2 aliphatic carbocycles. The molecule has 4 heteroatoms. The Morgan fingerprint density at radius 3 is 2.42 bits per heavy atom. The molecule has 106 valence electrons. The van der Waals surface area contributed by atoms with Crippen molar-refractivity contribution in [1.29, 1.82) is 0 Å². The van der Waals surface area contributed by atoms with Gasteiger partial charge < -0.3 is 10.2 Å². The van der Waals surface area contributed by atoms with Gasteiger partial charge in [0.1, 0.15) is 6.29 Å². The first-order valence-electron chi connectivity index (χ1n) is 6.77. The quantitative estimate of drug-likeness (QED) is 0.738. The largest absolute Gasteiger partial charge is 0.389 e. The molecule has 0 heterocycles. The third-order valence-corrected chi connectivity index (χ3v) is 5.35. The summed E-state index contributed by atoms with van der Waals surface area (Å²) in [5.41, 5.74) is -2.79. The second kappa shape index (κ2) is 4.25. The Hall–Kier alpha value is -1.00. The molecule has 4 atom stereocenters. The van der Waals surface area contributed by atoms with Crippen molar-refractivity contribution in [1.82, 2.24) is 0 Å². The van der Waals surface area contributed by atoms with E-state index in [4.69, 9.17) is 0 Å². The first-order valence-corrected chi connectivity index (χ1v) is 6.77. The van der Waals surface area contributed by atoms with E-state index in [1.165, 1.54) is 6.08 Å². The van der Waals surface area contributed by atoms with Crippen LogP contribution in [-0.2, 0) is 9.59 Å². The Bertz CT molecular complexity index is 439. The standard InChI is InChI=1S/C15H22O4/c1-13(2)5-4-6-14(3)12(13)11(18)7-10(8-16)15(14,19)9-17/h7-9,11-12,18-19H,4-6H2,1-3H3/t11-,12?,14+,15+/m1/s1. The van der Waals surface area contributed by atoms with Gasteiger partial charge in [-0.05, 0) is 24.3 Å². The molecule has 4 nitrogen and oxygen atoms in total. The minimum absolute atomic E-state index is 0.00792. The maximum Gasteiger partial charge on any atom is 0.156 e. The smallest absolute Gasteiger partial charge is 0.156 e. The van der Waals surface area contributed by atoms with Crippen molar-refractivity contribution >= 4 is 12.6 Å². The molecule has 2 N–H and O–H groups in total. The lowest BCUT2D eigenvalue weighted by Gasteiger charge is -2.59. The third kappa shape index (κ3) is 1.73. The van der Waals surface area contributed by atoms with Gasteiger partial charge >= 0.3 is 0 Å². The molecule has 0 aromatic rings. The lowest BCUT2D eigenvalue weighted by atomic mass is 9.46. The number of rotatable bonds is 2. The Morgan fingerprint density at radius 1 is 1.26 bits per heavy atom. The summed E-state index contributed by atoms with van der Waals surface area (Å²) in [5, 5.41) is 21.1. The van der Waals surface area contributed by atoms with Gasteiger partial charge in [0.05, 0.1) is 6.10 Å². The van der Waals surface area contributed by atoms with Crippen LogP contribution in [0, 0.1) is 16.7 Å². The number of aldehydes is 2. The van der Waals surface area contributed by atoms with Crippen LogP contribution in [0.2, 0.25) is 0 Å². The van der Waals surface area contributed by atoms with Crippen molar-refractivity contribution in [3.8, 4) is 0 Å². The van der Waals surface area contributed by atoms with Crippen LogP contribution in [0.3, 0.4) is 0 Å². The van der Waals surface area contributed by atoms with Crippen molar-refractivity contribution in [3.63, 3.8) is 0 Å². The Labute approximate surface area is 113 Å². The highest BCUT2D eigenvalue weighted by molar-refractivity contribution is 5.88. The lowest BCUT2D eigenvalue weighted by molar-refractivity contribution is -0.174. The Morgan fingerprint density at radius 2 is 1.89 bits per heavy atom. The van der Waals surface area contributed by atoms with Crippen molar-refractivity contribution in [3.05, 3.63) is 11.6 Å². The van der Waals surface area contributed by atoms with Crippen molar-refractivity contribution in [2.24, 2.45) is 16.7 Å². The van der Waals surface area contributed by atoms with Crippen LogP contribution in [0.5, 0.6) is 0 Å². The van der Waals surface area contributed by atoms with Crippen molar-refractivity contribution in [2.75, 3.05) is 0 Å². The van der Waals surface area contributed by atoms with E-state index in [2.05, 4.69) is 0 Å². The summed E-state index contributed by atoms with van der Waals surface area (Å²) in [6, 6.07) is 0. The van der Waals surface area contributed by atoms with E-state index >= 15 is 0 Å². The average Bonchev–Trinajstić information content (AvgIpc) is 2.32. The SMILES string of the molecule is CC1(C)CCC[C@@]2(C)C1[C@H](O)C=C(C=O)[C@@]2(O)C=O. The molecule has 0 aromatic heterocycles. The fourth-order valence-electron chi connectivity index (χ4n) is 4.42. The predicted molar refractivity (Wildman–Crippen MR) is 70.4 cm³/mol. The van der Waals surface area contributed by atoms with Gasteiger partial charge in [0.15, 0.2) is 11.9 Å². The second-order valence-corrected chi connectivity index (χ2v) is 6.85. The number of hydrogen-bond donors (Lipinski definition) is 2. The topological polar surface area (TPSA) is 74.6 Å². The van der Waals surface area contributed by atoms with Crippen LogP contribution in [0.15, 0.2) is 11.6 Å². The summed E-state index contributed by atoms with van der Waals surface area (Å²) in [6.07, 6.45) is 3.92. The number of carbonyl (C=O) groups is 2. The van der Waals surface area contributed by atoms with Gasteiger partial charge in [-0.2, -0.15) is 0 Å². The van der Waals surface area contributed by atoms with E-state index in [1.807, 2.05) is 20.8 Å². The zero-order chi connectivity index (χ0) is 14.5. The molecule has 0 saturated heterocycles. The number of aliphatic hydroxyl groups is 2. The van der Waals surface area contributed by atoms with Gasteiger partial charge in [0.25, 0.3) is 0 Å². The molecule has 1 saturated carbocycles. The maximum atomic E-state index is 11.5. The number of fused-ring (bicyclic) bond motifs is 1. The molecule has 2 aliphatic rings. The lowest BCUT2D eigenvalue weighted by Crippen LogP contribution is -2.64. The molecule has 0 aliphatic heterocycles. The number of carbonyl (C=O) groups excluding carboxylic acids is 2. The normalized spacial score (nSPS) is 45.0. The molecule has 0 radical (unpaired) electrons. The van der Waals surface area contributed by atoms with Crippen LogP contribution in [0.1, 0.15) is 40.0 Å². The van der Waals surface area contributed by atoms with Gasteiger partial charge in [-0.3, -0.25) is 9.59 Å². The fourth-order valence-corrected chi connectivity index (χ4v) is 4.42. The molecule has 1 fully saturated rings. The highest BCUT2D eigenvalue weighted by Gasteiger charge is 2.62. The summed E-state index contributed by atoms with van der Waals surface area (Å²) in [5.74, 6) is -0.243. The minimum atomic E-state index is -1.80. The second-order valence-electron chi connectivity index (χ2n) is 6.85. The van der Waals surface area contributed by atoms with E-state index in [-0.39, 0.29) is 16.9 Å². The molecule has 1 unspecified atom stereocenters. The molecule has 19 heavy (non-hydrogen) atoms. The highest BCUT2D eigenvalue weighted by atomic mass is 16.3. The molecule has 0 spiro atoms. The van der Waals surface area contributed by atoms with Crippen molar-refractivity contribution < 1.29 is 19.8 Å². The van der Waals surface area contributed by atoms with Crippen molar-refractivity contribution in [2.45, 2.75) is 51.7 Å². The maximum absolute atomic E-state index is 11.5. The zero-order valence-corrected chi connectivity index (χ0v) is 11.7. The Kier molecular flexibility index (Phi) is 3.22. The van der Waals surface area contributed by atoms with E-state index in [1.54, 1.807) is 0 Å². The summed E-state index contributed by atoms with van der Waals surface area (Å²) in [4.78, 5) is 22.7.